The van der Waals surface area contributed by atoms with Crippen molar-refractivity contribution in [3.05, 3.63) is 59.8 Å². The first-order valence-corrected chi connectivity index (χ1v) is 8.87. The Morgan fingerprint density at radius 1 is 1.27 bits per heavy atom. The Balaban J connectivity index is 1.34. The molecule has 0 radical (unpaired) electrons. The molecule has 0 saturated carbocycles. The van der Waals surface area contributed by atoms with Crippen molar-refractivity contribution in [2.75, 3.05) is 18.0 Å². The highest BCUT2D eigenvalue weighted by Gasteiger charge is 2.24. The topological polar surface area (TPSA) is 50.9 Å². The molecule has 1 aliphatic rings. The van der Waals surface area contributed by atoms with Crippen molar-refractivity contribution in [1.82, 2.24) is 24.9 Å². The molecule has 1 N–H and O–H groups in total. The van der Waals surface area contributed by atoms with E-state index in [-0.39, 0.29) is 5.82 Å². The fourth-order valence-corrected chi connectivity index (χ4v) is 3.48. The fraction of sp³-hybridized carbons (Fsp3) is 0.368. The zero-order chi connectivity index (χ0) is 18.1. The van der Waals surface area contributed by atoms with Crippen LogP contribution in [0.25, 0.3) is 5.69 Å². The largest absolute Gasteiger partial charge is 0.355 e. The number of benzene rings is 1. The molecular formula is C19H23FN6. The van der Waals surface area contributed by atoms with Crippen molar-refractivity contribution in [2.24, 2.45) is 7.05 Å². The summed E-state index contributed by atoms with van der Waals surface area (Å²) in [6.07, 6.45) is 4.95. The van der Waals surface area contributed by atoms with E-state index in [2.05, 4.69) is 26.5 Å². The number of nitrogens with one attached hydrogen (secondary N) is 1. The van der Waals surface area contributed by atoms with E-state index >= 15 is 0 Å². The van der Waals surface area contributed by atoms with Gasteiger partial charge in [0.1, 0.15) is 11.6 Å². The predicted octanol–water partition coefficient (Wildman–Crippen LogP) is 2.42. The highest BCUT2D eigenvalue weighted by atomic mass is 19.1. The van der Waals surface area contributed by atoms with Gasteiger partial charge in [0, 0.05) is 50.6 Å². The van der Waals surface area contributed by atoms with E-state index in [0.29, 0.717) is 6.04 Å². The molecule has 3 aromatic rings. The number of aromatic nitrogens is 4. The molecule has 2 aromatic heterocycles. The fourth-order valence-electron chi connectivity index (χ4n) is 3.48. The second-order valence-electron chi connectivity index (χ2n) is 6.85. The molecule has 4 rings (SSSR count). The maximum absolute atomic E-state index is 13.0. The SMILES string of the molecule is Cc1cc(N2CCC(NCc3cnn(-c4ccc(F)cc4)c3)C2)n(C)n1. The Hall–Kier alpha value is -2.67. The number of hydrogen-bond donors (Lipinski definition) is 1. The van der Waals surface area contributed by atoms with Gasteiger partial charge in [-0.2, -0.15) is 10.2 Å². The third-order valence-electron chi connectivity index (χ3n) is 4.81. The third kappa shape index (κ3) is 3.48. The van der Waals surface area contributed by atoms with Crippen molar-refractivity contribution < 1.29 is 4.39 Å². The van der Waals surface area contributed by atoms with Crippen LogP contribution in [-0.4, -0.2) is 38.7 Å². The third-order valence-corrected chi connectivity index (χ3v) is 4.81. The number of halogens is 1. The lowest BCUT2D eigenvalue weighted by molar-refractivity contribution is 0.550. The Morgan fingerprint density at radius 2 is 2.08 bits per heavy atom. The Morgan fingerprint density at radius 3 is 2.81 bits per heavy atom. The van der Waals surface area contributed by atoms with Crippen LogP contribution in [0.2, 0.25) is 0 Å². The molecule has 1 aliphatic heterocycles. The van der Waals surface area contributed by atoms with E-state index in [1.165, 1.54) is 18.0 Å². The lowest BCUT2D eigenvalue weighted by Gasteiger charge is -2.18. The van der Waals surface area contributed by atoms with Crippen LogP contribution >= 0.6 is 0 Å². The average Bonchev–Trinajstić information content (AvgIpc) is 3.33. The summed E-state index contributed by atoms with van der Waals surface area (Å²) in [7, 11) is 1.99. The standard InChI is InChI=1S/C19H23FN6/c1-14-9-19(24(2)23-14)25-8-7-17(13-25)21-10-15-11-22-26(12-15)18-5-3-16(20)4-6-18/h3-6,9,11-12,17,21H,7-8,10,13H2,1-2H3. The normalized spacial score (nSPS) is 17.2. The van der Waals surface area contributed by atoms with Crippen molar-refractivity contribution in [3.63, 3.8) is 0 Å². The highest BCUT2D eigenvalue weighted by molar-refractivity contribution is 5.42. The molecule has 1 aromatic carbocycles. The lowest BCUT2D eigenvalue weighted by atomic mass is 10.2. The molecule has 6 nitrogen and oxygen atoms in total. The minimum Gasteiger partial charge on any atom is -0.355 e. The minimum atomic E-state index is -0.239. The van der Waals surface area contributed by atoms with Crippen molar-refractivity contribution >= 4 is 5.82 Å². The summed E-state index contributed by atoms with van der Waals surface area (Å²) in [6, 6.07) is 8.92. The van der Waals surface area contributed by atoms with E-state index in [9.17, 15) is 4.39 Å². The number of rotatable bonds is 5. The monoisotopic (exact) mass is 354 g/mol. The van der Waals surface area contributed by atoms with Crippen LogP contribution in [0.4, 0.5) is 10.2 Å². The summed E-state index contributed by atoms with van der Waals surface area (Å²) in [5.41, 5.74) is 3.02. The molecule has 0 amide bonds. The van der Waals surface area contributed by atoms with Gasteiger partial charge in [0.2, 0.25) is 0 Å². The van der Waals surface area contributed by atoms with E-state index in [1.54, 1.807) is 16.8 Å². The smallest absolute Gasteiger partial charge is 0.126 e. The molecule has 1 atom stereocenters. The molecule has 1 unspecified atom stereocenters. The van der Waals surface area contributed by atoms with Crippen LogP contribution in [0.15, 0.2) is 42.7 Å². The van der Waals surface area contributed by atoms with Crippen LogP contribution in [0.3, 0.4) is 0 Å². The summed E-state index contributed by atoms with van der Waals surface area (Å²) < 4.78 is 16.8. The first-order chi connectivity index (χ1) is 12.6. The average molecular weight is 354 g/mol. The van der Waals surface area contributed by atoms with Gasteiger partial charge in [0.25, 0.3) is 0 Å². The molecular weight excluding hydrogens is 331 g/mol. The van der Waals surface area contributed by atoms with E-state index in [0.717, 1.165) is 43.0 Å². The zero-order valence-electron chi connectivity index (χ0n) is 15.1. The number of aryl methyl sites for hydroxylation is 2. The quantitative estimate of drug-likeness (QED) is 0.765. The number of hydrogen-bond acceptors (Lipinski definition) is 4. The Labute approximate surface area is 152 Å². The van der Waals surface area contributed by atoms with Gasteiger partial charge in [-0.05, 0) is 37.6 Å². The summed E-state index contributed by atoms with van der Waals surface area (Å²) in [6.45, 7) is 4.80. The van der Waals surface area contributed by atoms with Crippen LogP contribution in [0, 0.1) is 12.7 Å². The van der Waals surface area contributed by atoms with Gasteiger partial charge in [0.05, 0.1) is 17.6 Å². The van der Waals surface area contributed by atoms with E-state index < -0.39 is 0 Å². The molecule has 26 heavy (non-hydrogen) atoms. The van der Waals surface area contributed by atoms with Crippen molar-refractivity contribution in [1.29, 1.82) is 0 Å². The highest BCUT2D eigenvalue weighted by Crippen LogP contribution is 2.21. The summed E-state index contributed by atoms with van der Waals surface area (Å²) in [5.74, 6) is 0.938. The van der Waals surface area contributed by atoms with E-state index in [1.807, 2.05) is 31.0 Å². The van der Waals surface area contributed by atoms with Gasteiger partial charge in [-0.1, -0.05) is 0 Å². The molecule has 1 fully saturated rings. The first kappa shape index (κ1) is 16.8. The van der Waals surface area contributed by atoms with Gasteiger partial charge in [-0.3, -0.25) is 4.68 Å². The molecule has 1 saturated heterocycles. The van der Waals surface area contributed by atoms with Gasteiger partial charge in [0.15, 0.2) is 0 Å². The Bertz CT molecular complexity index is 882. The van der Waals surface area contributed by atoms with Gasteiger partial charge in [-0.25, -0.2) is 9.07 Å². The number of anilines is 1. The maximum atomic E-state index is 13.0. The first-order valence-electron chi connectivity index (χ1n) is 8.87. The van der Waals surface area contributed by atoms with E-state index in [4.69, 9.17) is 0 Å². The second-order valence-corrected chi connectivity index (χ2v) is 6.85. The van der Waals surface area contributed by atoms with Gasteiger partial charge >= 0.3 is 0 Å². The van der Waals surface area contributed by atoms with Crippen LogP contribution in [-0.2, 0) is 13.6 Å². The lowest BCUT2D eigenvalue weighted by Crippen LogP contribution is -2.32. The molecule has 136 valence electrons. The molecule has 0 spiro atoms. The van der Waals surface area contributed by atoms with Crippen LogP contribution in [0.5, 0.6) is 0 Å². The van der Waals surface area contributed by atoms with Crippen molar-refractivity contribution in [3.8, 4) is 5.69 Å². The summed E-state index contributed by atoms with van der Waals surface area (Å²) >= 11 is 0. The second kappa shape index (κ2) is 6.92. The van der Waals surface area contributed by atoms with Gasteiger partial charge in [-0.15, -0.1) is 0 Å². The summed E-state index contributed by atoms with van der Waals surface area (Å²) in [5, 5.41) is 12.4. The van der Waals surface area contributed by atoms with Gasteiger partial charge < -0.3 is 10.2 Å². The van der Waals surface area contributed by atoms with Crippen LogP contribution < -0.4 is 10.2 Å². The molecule has 3 heterocycles. The minimum absolute atomic E-state index is 0.239. The van der Waals surface area contributed by atoms with Crippen molar-refractivity contribution in [2.45, 2.75) is 25.9 Å². The molecule has 0 bridgehead atoms. The summed E-state index contributed by atoms with van der Waals surface area (Å²) in [4.78, 5) is 2.37. The number of nitrogens with zero attached hydrogens (tertiary/aromatic N) is 5. The van der Waals surface area contributed by atoms with Crippen LogP contribution in [0.1, 0.15) is 17.7 Å². The maximum Gasteiger partial charge on any atom is 0.126 e. The zero-order valence-corrected chi connectivity index (χ0v) is 15.1. The predicted molar refractivity (Wildman–Crippen MR) is 98.9 cm³/mol. The molecule has 0 aliphatic carbocycles. The Kier molecular flexibility index (Phi) is 4.46. The molecule has 7 heteroatoms.